The summed E-state index contributed by atoms with van der Waals surface area (Å²) < 4.78 is 22.9. The highest BCUT2D eigenvalue weighted by molar-refractivity contribution is 7.89. The summed E-state index contributed by atoms with van der Waals surface area (Å²) in [4.78, 5) is 12.2. The molecule has 0 saturated heterocycles. The number of rotatable bonds is 3. The fourth-order valence-electron chi connectivity index (χ4n) is 1.96. The fraction of sp³-hybridized carbons (Fsp3) is 0.214. The van der Waals surface area contributed by atoms with E-state index in [-0.39, 0.29) is 9.77 Å². The summed E-state index contributed by atoms with van der Waals surface area (Å²) in [5.41, 5.74) is 3.84. The molecule has 2 aromatic rings. The number of anilines is 1. The van der Waals surface area contributed by atoms with Gasteiger partial charge >= 0.3 is 0 Å². The minimum atomic E-state index is -3.90. The molecule has 0 unspecified atom stereocenters. The zero-order valence-electron chi connectivity index (χ0n) is 11.9. The van der Waals surface area contributed by atoms with Crippen LogP contribution in [-0.2, 0) is 10.0 Å². The van der Waals surface area contributed by atoms with Crippen molar-refractivity contribution in [3.63, 3.8) is 0 Å². The van der Waals surface area contributed by atoms with Crippen LogP contribution in [0.25, 0.3) is 0 Å². The smallest absolute Gasteiger partial charge is 0.267 e. The lowest BCUT2D eigenvalue weighted by Gasteiger charge is -2.12. The van der Waals surface area contributed by atoms with Crippen LogP contribution in [0.15, 0.2) is 28.5 Å². The van der Waals surface area contributed by atoms with Crippen LogP contribution < -0.4 is 10.5 Å². The molecule has 0 bridgehead atoms. The molecule has 0 spiro atoms. The molecule has 1 aromatic heterocycles. The second-order valence-electron chi connectivity index (χ2n) is 4.79. The van der Waals surface area contributed by atoms with E-state index >= 15 is 0 Å². The highest BCUT2D eigenvalue weighted by Gasteiger charge is 2.21. The minimum absolute atomic E-state index is 0.0927. The van der Waals surface area contributed by atoms with Gasteiger partial charge in [-0.25, -0.2) is 13.6 Å². The molecule has 0 saturated carbocycles. The number of thiophene rings is 1. The van der Waals surface area contributed by atoms with E-state index in [9.17, 15) is 13.2 Å². The van der Waals surface area contributed by atoms with Gasteiger partial charge in [-0.2, -0.15) is 0 Å². The van der Waals surface area contributed by atoms with Crippen LogP contribution in [0.4, 0.5) is 5.69 Å². The molecule has 0 aliphatic rings. The Bertz CT molecular complexity index is 808. The second-order valence-corrected chi connectivity index (χ2v) is 7.24. The number of amides is 1. The van der Waals surface area contributed by atoms with Crippen molar-refractivity contribution in [2.75, 3.05) is 5.32 Å². The number of sulfonamides is 1. The van der Waals surface area contributed by atoms with Crippen LogP contribution in [0, 0.1) is 20.8 Å². The van der Waals surface area contributed by atoms with Gasteiger partial charge in [-0.1, -0.05) is 6.07 Å². The first-order chi connectivity index (χ1) is 9.71. The van der Waals surface area contributed by atoms with Gasteiger partial charge in [0.2, 0.25) is 10.0 Å². The van der Waals surface area contributed by atoms with E-state index in [1.54, 1.807) is 6.07 Å². The average molecular weight is 324 g/mol. The van der Waals surface area contributed by atoms with Crippen molar-refractivity contribution in [1.82, 2.24) is 0 Å². The van der Waals surface area contributed by atoms with Gasteiger partial charge in [0.25, 0.3) is 5.91 Å². The van der Waals surface area contributed by atoms with Gasteiger partial charge in [-0.3, -0.25) is 4.79 Å². The second kappa shape index (κ2) is 5.59. The normalized spacial score (nSPS) is 11.4. The average Bonchev–Trinajstić information content (AvgIpc) is 2.89. The third-order valence-corrected chi connectivity index (χ3v) is 5.44. The summed E-state index contributed by atoms with van der Waals surface area (Å²) in [6, 6.07) is 5.05. The molecule has 0 fully saturated rings. The standard InChI is InChI=1S/C14H16N2O3S2/c1-8-4-5-11(10(3)9(8)2)16-14(17)13-12(6-7-20-13)21(15,18)19/h4-7H,1-3H3,(H,16,17)(H2,15,18,19). The lowest BCUT2D eigenvalue weighted by Crippen LogP contribution is -2.18. The zero-order valence-corrected chi connectivity index (χ0v) is 13.6. The first-order valence-electron chi connectivity index (χ1n) is 6.20. The maximum absolute atomic E-state index is 12.3. The number of primary sulfonamides is 1. The van der Waals surface area contributed by atoms with Crippen LogP contribution in [0.1, 0.15) is 26.4 Å². The van der Waals surface area contributed by atoms with E-state index in [2.05, 4.69) is 5.32 Å². The molecule has 2 rings (SSSR count). The number of nitrogens with two attached hydrogens (primary N) is 1. The molecule has 0 aliphatic carbocycles. The number of hydrogen-bond acceptors (Lipinski definition) is 4. The largest absolute Gasteiger partial charge is 0.321 e. The topological polar surface area (TPSA) is 89.3 Å². The van der Waals surface area contributed by atoms with Crippen molar-refractivity contribution < 1.29 is 13.2 Å². The Balaban J connectivity index is 2.36. The molecule has 112 valence electrons. The summed E-state index contributed by atoms with van der Waals surface area (Å²) in [7, 11) is -3.90. The summed E-state index contributed by atoms with van der Waals surface area (Å²) >= 11 is 1.05. The lowest BCUT2D eigenvalue weighted by atomic mass is 10.0. The number of nitrogens with one attached hydrogen (secondary N) is 1. The van der Waals surface area contributed by atoms with Gasteiger partial charge in [0, 0.05) is 5.69 Å². The highest BCUT2D eigenvalue weighted by Crippen LogP contribution is 2.25. The first-order valence-corrected chi connectivity index (χ1v) is 8.63. The Kier molecular flexibility index (Phi) is 4.18. The molecule has 1 amide bonds. The van der Waals surface area contributed by atoms with Crippen molar-refractivity contribution in [2.24, 2.45) is 5.14 Å². The van der Waals surface area contributed by atoms with Crippen molar-refractivity contribution in [3.05, 3.63) is 45.1 Å². The Labute approximate surface area is 127 Å². The molecule has 0 atom stereocenters. The zero-order chi connectivity index (χ0) is 15.8. The van der Waals surface area contributed by atoms with Crippen LogP contribution in [-0.4, -0.2) is 14.3 Å². The fourth-order valence-corrected chi connectivity index (χ4v) is 3.83. The number of hydrogen-bond donors (Lipinski definition) is 2. The maximum Gasteiger partial charge on any atom is 0.267 e. The quantitative estimate of drug-likeness (QED) is 0.909. The molecule has 0 aliphatic heterocycles. The van der Waals surface area contributed by atoms with E-state index < -0.39 is 15.9 Å². The molecule has 21 heavy (non-hydrogen) atoms. The third-order valence-electron chi connectivity index (χ3n) is 3.45. The lowest BCUT2D eigenvalue weighted by molar-refractivity contribution is 0.102. The summed E-state index contributed by atoms with van der Waals surface area (Å²) in [5, 5.41) is 9.38. The maximum atomic E-state index is 12.3. The number of carbonyl (C=O) groups is 1. The van der Waals surface area contributed by atoms with Crippen molar-refractivity contribution in [1.29, 1.82) is 0 Å². The predicted molar refractivity (Wildman–Crippen MR) is 84.3 cm³/mol. The summed E-state index contributed by atoms with van der Waals surface area (Å²) in [6.45, 7) is 5.88. The van der Waals surface area contributed by atoms with E-state index in [0.717, 1.165) is 28.0 Å². The summed E-state index contributed by atoms with van der Waals surface area (Å²) in [5.74, 6) is -0.472. The number of aryl methyl sites for hydroxylation is 1. The third kappa shape index (κ3) is 3.15. The molecular formula is C14H16N2O3S2. The Hall–Kier alpha value is -1.70. The van der Waals surface area contributed by atoms with E-state index in [0.29, 0.717) is 5.69 Å². The molecule has 0 radical (unpaired) electrons. The SMILES string of the molecule is Cc1ccc(NC(=O)c2sccc2S(N)(=O)=O)c(C)c1C. The Morgan fingerprint density at radius 2 is 1.81 bits per heavy atom. The highest BCUT2D eigenvalue weighted by atomic mass is 32.2. The van der Waals surface area contributed by atoms with Gasteiger partial charge in [0.15, 0.2) is 0 Å². The van der Waals surface area contributed by atoms with E-state index in [1.807, 2.05) is 26.8 Å². The van der Waals surface area contributed by atoms with Crippen molar-refractivity contribution >= 4 is 33.0 Å². The van der Waals surface area contributed by atoms with E-state index in [1.165, 1.54) is 11.4 Å². The summed E-state index contributed by atoms with van der Waals surface area (Å²) in [6.07, 6.45) is 0. The Morgan fingerprint density at radius 3 is 2.43 bits per heavy atom. The van der Waals surface area contributed by atoms with Gasteiger partial charge in [-0.15, -0.1) is 11.3 Å². The van der Waals surface area contributed by atoms with Gasteiger partial charge in [-0.05, 0) is 55.0 Å². The van der Waals surface area contributed by atoms with Gasteiger partial charge in [0.1, 0.15) is 9.77 Å². The van der Waals surface area contributed by atoms with Crippen molar-refractivity contribution in [2.45, 2.75) is 25.7 Å². The van der Waals surface area contributed by atoms with Crippen LogP contribution in [0.3, 0.4) is 0 Å². The number of benzene rings is 1. The molecule has 5 nitrogen and oxygen atoms in total. The van der Waals surface area contributed by atoms with E-state index in [4.69, 9.17) is 5.14 Å². The predicted octanol–water partition coefficient (Wildman–Crippen LogP) is 2.57. The van der Waals surface area contributed by atoms with Gasteiger partial charge < -0.3 is 5.32 Å². The first kappa shape index (κ1) is 15.7. The molecule has 7 heteroatoms. The molecule has 1 aromatic carbocycles. The monoisotopic (exact) mass is 324 g/mol. The minimum Gasteiger partial charge on any atom is -0.321 e. The van der Waals surface area contributed by atoms with Crippen LogP contribution in [0.5, 0.6) is 0 Å². The molecule has 1 heterocycles. The number of carbonyl (C=O) groups excluding carboxylic acids is 1. The Morgan fingerprint density at radius 1 is 1.14 bits per heavy atom. The van der Waals surface area contributed by atoms with Crippen LogP contribution >= 0.6 is 11.3 Å². The molecule has 3 N–H and O–H groups in total. The van der Waals surface area contributed by atoms with Crippen LogP contribution in [0.2, 0.25) is 0 Å². The van der Waals surface area contributed by atoms with Gasteiger partial charge in [0.05, 0.1) is 0 Å². The van der Waals surface area contributed by atoms with Crippen molar-refractivity contribution in [3.8, 4) is 0 Å². The molecular weight excluding hydrogens is 308 g/mol.